The Balaban J connectivity index is 1.74. The van der Waals surface area contributed by atoms with Crippen LogP contribution in [0.4, 0.5) is 13.2 Å². The average molecular weight is 330 g/mol. The van der Waals surface area contributed by atoms with E-state index < -0.39 is 24.7 Å². The second-order valence-electron chi connectivity index (χ2n) is 5.86. The largest absolute Gasteiger partial charge is 0.405 e. The van der Waals surface area contributed by atoms with Crippen molar-refractivity contribution in [2.45, 2.75) is 25.1 Å². The molecule has 1 amide bonds. The Labute approximate surface area is 133 Å². The number of nitrogens with one attached hydrogen (secondary N) is 1. The van der Waals surface area contributed by atoms with E-state index >= 15 is 0 Å². The molecule has 1 atom stereocenters. The van der Waals surface area contributed by atoms with E-state index in [9.17, 15) is 23.1 Å². The Morgan fingerprint density at radius 1 is 1.26 bits per heavy atom. The summed E-state index contributed by atoms with van der Waals surface area (Å²) in [5, 5.41) is 12.2. The van der Waals surface area contributed by atoms with Crippen LogP contribution in [0.25, 0.3) is 0 Å². The van der Waals surface area contributed by atoms with E-state index in [1.807, 2.05) is 40.5 Å². The lowest BCUT2D eigenvalue weighted by Gasteiger charge is -2.34. The number of benzene rings is 1. The number of carbonyl (C=O) groups excluding carboxylic acids is 1. The van der Waals surface area contributed by atoms with Gasteiger partial charge in [0.05, 0.1) is 12.6 Å². The molecule has 2 rings (SSSR count). The maximum absolute atomic E-state index is 12.0. The molecule has 0 radical (unpaired) electrons. The van der Waals surface area contributed by atoms with Gasteiger partial charge in [0, 0.05) is 0 Å². The highest BCUT2D eigenvalue weighted by Crippen LogP contribution is 2.30. The smallest absolute Gasteiger partial charge is 0.388 e. The van der Waals surface area contributed by atoms with E-state index in [4.69, 9.17) is 0 Å². The van der Waals surface area contributed by atoms with Gasteiger partial charge in [-0.05, 0) is 37.4 Å². The molecule has 0 unspecified atom stereocenters. The van der Waals surface area contributed by atoms with Crippen molar-refractivity contribution in [3.8, 4) is 0 Å². The van der Waals surface area contributed by atoms with E-state index in [2.05, 4.69) is 0 Å². The van der Waals surface area contributed by atoms with Gasteiger partial charge in [-0.2, -0.15) is 13.2 Å². The molecule has 7 heteroatoms. The number of hydrogen-bond acceptors (Lipinski definition) is 3. The molecule has 1 aromatic rings. The molecule has 0 aromatic heterocycles. The van der Waals surface area contributed by atoms with Crippen molar-refractivity contribution in [1.29, 1.82) is 0 Å². The van der Waals surface area contributed by atoms with Crippen LogP contribution in [0.3, 0.4) is 0 Å². The van der Waals surface area contributed by atoms with Gasteiger partial charge in [-0.1, -0.05) is 30.3 Å². The minimum absolute atomic E-state index is 0.0375. The number of nitrogens with zero attached hydrogens (tertiary/aromatic N) is 1. The molecule has 0 spiro atoms. The van der Waals surface area contributed by atoms with Crippen LogP contribution >= 0.6 is 0 Å². The fraction of sp³-hybridized carbons (Fsp3) is 0.562. The van der Waals surface area contributed by atoms with Crippen molar-refractivity contribution in [3.05, 3.63) is 35.9 Å². The number of amides is 1. The van der Waals surface area contributed by atoms with Gasteiger partial charge in [0.15, 0.2) is 0 Å². The Morgan fingerprint density at radius 2 is 1.87 bits per heavy atom. The normalized spacial score (nSPS) is 18.6. The zero-order valence-corrected chi connectivity index (χ0v) is 12.7. The summed E-state index contributed by atoms with van der Waals surface area (Å²) in [4.78, 5) is 13.3. The minimum atomic E-state index is -4.39. The molecule has 1 heterocycles. The molecule has 1 aromatic carbocycles. The van der Waals surface area contributed by atoms with Crippen molar-refractivity contribution in [3.63, 3.8) is 0 Å². The number of halogens is 3. The lowest BCUT2D eigenvalue weighted by molar-refractivity contribution is -0.139. The van der Waals surface area contributed by atoms with Crippen LogP contribution in [0.1, 0.15) is 24.5 Å². The van der Waals surface area contributed by atoms with Crippen LogP contribution in [0.2, 0.25) is 0 Å². The highest BCUT2D eigenvalue weighted by Gasteiger charge is 2.29. The molecule has 1 aliphatic heterocycles. The van der Waals surface area contributed by atoms with Crippen LogP contribution in [-0.4, -0.2) is 48.3 Å². The molecule has 0 bridgehead atoms. The molecule has 0 aliphatic carbocycles. The topological polar surface area (TPSA) is 52.6 Å². The van der Waals surface area contributed by atoms with Crippen LogP contribution in [0, 0.1) is 5.92 Å². The molecular weight excluding hydrogens is 309 g/mol. The van der Waals surface area contributed by atoms with Crippen LogP contribution < -0.4 is 5.32 Å². The maximum Gasteiger partial charge on any atom is 0.405 e. The first-order valence-electron chi connectivity index (χ1n) is 7.64. The number of aliphatic hydroxyl groups is 1. The number of alkyl halides is 3. The van der Waals surface area contributed by atoms with Gasteiger partial charge in [-0.15, -0.1) is 0 Å². The molecule has 0 saturated carbocycles. The predicted octanol–water partition coefficient (Wildman–Crippen LogP) is 2.11. The number of rotatable bonds is 5. The van der Waals surface area contributed by atoms with Crippen LogP contribution in [-0.2, 0) is 4.79 Å². The number of hydrogen-bond donors (Lipinski definition) is 2. The molecule has 1 aliphatic rings. The molecule has 1 saturated heterocycles. The summed E-state index contributed by atoms with van der Waals surface area (Å²) in [5.74, 6) is -0.517. The lowest BCUT2D eigenvalue weighted by atomic mass is 9.87. The van der Waals surface area contributed by atoms with E-state index in [-0.39, 0.29) is 12.5 Å². The van der Waals surface area contributed by atoms with Gasteiger partial charge in [0.25, 0.3) is 0 Å². The summed E-state index contributed by atoms with van der Waals surface area (Å²) in [6.45, 7) is -0.152. The van der Waals surface area contributed by atoms with Gasteiger partial charge in [0.1, 0.15) is 6.54 Å². The number of aliphatic hydroxyl groups excluding tert-OH is 1. The van der Waals surface area contributed by atoms with Crippen molar-refractivity contribution in [2.75, 3.05) is 26.2 Å². The Kier molecular flexibility index (Phi) is 6.01. The third-order valence-corrected chi connectivity index (χ3v) is 4.07. The quantitative estimate of drug-likeness (QED) is 0.869. The fourth-order valence-corrected chi connectivity index (χ4v) is 2.81. The third-order valence-electron chi connectivity index (χ3n) is 4.07. The first kappa shape index (κ1) is 17.7. The van der Waals surface area contributed by atoms with Crippen molar-refractivity contribution in [1.82, 2.24) is 10.2 Å². The standard InChI is InChI=1S/C16H21F3N2O2/c17-16(18,19)11-20-14(22)10-21-8-6-13(7-9-21)15(23)12-4-2-1-3-5-12/h1-5,13,15,23H,6-11H2,(H,20,22)/t15-/m1/s1. The molecule has 2 N–H and O–H groups in total. The van der Waals surface area contributed by atoms with Gasteiger partial charge < -0.3 is 10.4 Å². The second kappa shape index (κ2) is 7.79. The second-order valence-corrected chi connectivity index (χ2v) is 5.86. The van der Waals surface area contributed by atoms with Crippen LogP contribution in [0.5, 0.6) is 0 Å². The first-order chi connectivity index (χ1) is 10.8. The number of piperidine rings is 1. The molecule has 23 heavy (non-hydrogen) atoms. The molecule has 4 nitrogen and oxygen atoms in total. The zero-order chi connectivity index (χ0) is 16.9. The van der Waals surface area contributed by atoms with E-state index in [1.54, 1.807) is 0 Å². The Morgan fingerprint density at radius 3 is 2.43 bits per heavy atom. The molecule has 1 fully saturated rings. The van der Waals surface area contributed by atoms with E-state index in [1.165, 1.54) is 0 Å². The summed E-state index contributed by atoms with van der Waals surface area (Å²) in [6, 6.07) is 9.39. The molecule has 128 valence electrons. The minimum Gasteiger partial charge on any atom is -0.388 e. The SMILES string of the molecule is O=C(CN1CCC([C@H](O)c2ccccc2)CC1)NCC(F)(F)F. The fourth-order valence-electron chi connectivity index (χ4n) is 2.81. The van der Waals surface area contributed by atoms with E-state index in [0.29, 0.717) is 25.9 Å². The number of carbonyl (C=O) groups is 1. The van der Waals surface area contributed by atoms with Gasteiger partial charge in [-0.3, -0.25) is 9.69 Å². The predicted molar refractivity (Wildman–Crippen MR) is 79.6 cm³/mol. The molecular formula is C16H21F3N2O2. The summed E-state index contributed by atoms with van der Waals surface area (Å²) in [6.07, 6.45) is -3.51. The average Bonchev–Trinajstić information content (AvgIpc) is 2.53. The van der Waals surface area contributed by atoms with Crippen molar-refractivity contribution in [2.24, 2.45) is 5.92 Å². The zero-order valence-electron chi connectivity index (χ0n) is 12.7. The monoisotopic (exact) mass is 330 g/mol. The first-order valence-corrected chi connectivity index (χ1v) is 7.64. The highest BCUT2D eigenvalue weighted by atomic mass is 19.4. The summed E-state index contributed by atoms with van der Waals surface area (Å²) < 4.78 is 36.1. The summed E-state index contributed by atoms with van der Waals surface area (Å²) in [7, 11) is 0. The van der Waals surface area contributed by atoms with Gasteiger partial charge >= 0.3 is 6.18 Å². The van der Waals surface area contributed by atoms with Crippen molar-refractivity contribution >= 4 is 5.91 Å². The maximum atomic E-state index is 12.0. The van der Waals surface area contributed by atoms with E-state index in [0.717, 1.165) is 5.56 Å². The number of likely N-dealkylation sites (tertiary alicyclic amines) is 1. The van der Waals surface area contributed by atoms with Crippen LogP contribution in [0.15, 0.2) is 30.3 Å². The third kappa shape index (κ3) is 5.84. The summed E-state index contributed by atoms with van der Waals surface area (Å²) in [5.41, 5.74) is 0.869. The Bertz CT molecular complexity index is 500. The lowest BCUT2D eigenvalue weighted by Crippen LogP contribution is -2.44. The van der Waals surface area contributed by atoms with Crippen molar-refractivity contribution < 1.29 is 23.1 Å². The van der Waals surface area contributed by atoms with Gasteiger partial charge in [0.2, 0.25) is 5.91 Å². The summed E-state index contributed by atoms with van der Waals surface area (Å²) >= 11 is 0. The van der Waals surface area contributed by atoms with Gasteiger partial charge in [-0.25, -0.2) is 0 Å². The Hall–Kier alpha value is -1.60. The highest BCUT2D eigenvalue weighted by molar-refractivity contribution is 5.78.